The second-order valence-corrected chi connectivity index (χ2v) is 6.55. The van der Waals surface area contributed by atoms with E-state index in [4.69, 9.17) is 0 Å². The van der Waals surface area contributed by atoms with Gasteiger partial charge in [-0.3, -0.25) is 4.68 Å². The quantitative estimate of drug-likeness (QED) is 0.764. The monoisotopic (exact) mass is 367 g/mol. The molecule has 1 aromatic heterocycles. The number of rotatable bonds is 3. The van der Waals surface area contributed by atoms with Crippen LogP contribution in [0.5, 0.6) is 0 Å². The number of aromatic nitrogens is 3. The maximum atomic E-state index is 4.61. The molecule has 1 heterocycles. The standard InChI is InChI=1S/C15H18IN3/c16-14-8-6-13(7-9-14)15-17-11-19(18-15)10-12-4-2-1-3-5-12/h6-9,11-12H,1-5,10H2. The number of hydrogen-bond donors (Lipinski definition) is 0. The van der Waals surface area contributed by atoms with E-state index in [1.165, 1.54) is 35.7 Å². The van der Waals surface area contributed by atoms with Crippen LogP contribution in [0.15, 0.2) is 30.6 Å². The van der Waals surface area contributed by atoms with Gasteiger partial charge in [-0.15, -0.1) is 0 Å². The first-order valence-corrected chi connectivity index (χ1v) is 8.04. The molecule has 4 heteroatoms. The SMILES string of the molecule is Ic1ccc(-c2ncn(CC3CCCCC3)n2)cc1. The van der Waals surface area contributed by atoms with E-state index in [2.05, 4.69) is 56.9 Å². The summed E-state index contributed by atoms with van der Waals surface area (Å²) in [6, 6.07) is 8.36. The summed E-state index contributed by atoms with van der Waals surface area (Å²) in [5.41, 5.74) is 1.10. The Morgan fingerprint density at radius 2 is 1.84 bits per heavy atom. The minimum atomic E-state index is 0.792. The Labute approximate surface area is 127 Å². The third kappa shape index (κ3) is 3.35. The molecule has 1 aromatic carbocycles. The normalized spacial score (nSPS) is 16.7. The average molecular weight is 367 g/mol. The van der Waals surface area contributed by atoms with E-state index in [0.717, 1.165) is 23.9 Å². The predicted octanol–water partition coefficient (Wildman–Crippen LogP) is 4.13. The van der Waals surface area contributed by atoms with Crippen LogP contribution in [0.4, 0.5) is 0 Å². The summed E-state index contributed by atoms with van der Waals surface area (Å²) in [6.45, 7) is 1.03. The molecule has 1 saturated carbocycles. The van der Waals surface area contributed by atoms with Gasteiger partial charge < -0.3 is 0 Å². The molecule has 3 rings (SSSR count). The van der Waals surface area contributed by atoms with Crippen LogP contribution in [-0.2, 0) is 6.54 Å². The molecule has 2 aromatic rings. The summed E-state index contributed by atoms with van der Waals surface area (Å²) in [5.74, 6) is 1.63. The predicted molar refractivity (Wildman–Crippen MR) is 84.8 cm³/mol. The highest BCUT2D eigenvalue weighted by Gasteiger charge is 2.14. The molecule has 0 bridgehead atoms. The van der Waals surface area contributed by atoms with Crippen molar-refractivity contribution in [3.05, 3.63) is 34.2 Å². The summed E-state index contributed by atoms with van der Waals surface area (Å²) in [5, 5.41) is 4.61. The molecule has 0 atom stereocenters. The second-order valence-electron chi connectivity index (χ2n) is 5.30. The van der Waals surface area contributed by atoms with Gasteiger partial charge in [-0.1, -0.05) is 31.4 Å². The Kier molecular flexibility index (Phi) is 4.15. The molecule has 19 heavy (non-hydrogen) atoms. The lowest BCUT2D eigenvalue weighted by atomic mass is 9.89. The first-order chi connectivity index (χ1) is 9.31. The first-order valence-electron chi connectivity index (χ1n) is 6.96. The molecule has 0 N–H and O–H groups in total. The van der Waals surface area contributed by atoms with E-state index in [1.807, 2.05) is 11.0 Å². The third-order valence-corrected chi connectivity index (χ3v) is 4.53. The highest BCUT2D eigenvalue weighted by molar-refractivity contribution is 14.1. The van der Waals surface area contributed by atoms with Crippen molar-refractivity contribution in [2.75, 3.05) is 0 Å². The summed E-state index contributed by atoms with van der Waals surface area (Å²) < 4.78 is 3.26. The van der Waals surface area contributed by atoms with Crippen LogP contribution in [0.3, 0.4) is 0 Å². The average Bonchev–Trinajstić information content (AvgIpc) is 2.89. The highest BCUT2D eigenvalue weighted by atomic mass is 127. The van der Waals surface area contributed by atoms with Crippen LogP contribution < -0.4 is 0 Å². The molecule has 1 fully saturated rings. The van der Waals surface area contributed by atoms with Gasteiger partial charge in [-0.25, -0.2) is 4.98 Å². The fourth-order valence-corrected chi connectivity index (χ4v) is 3.11. The van der Waals surface area contributed by atoms with Crippen LogP contribution in [-0.4, -0.2) is 14.8 Å². The lowest BCUT2D eigenvalue weighted by molar-refractivity contribution is 0.308. The fourth-order valence-electron chi connectivity index (χ4n) is 2.75. The number of halogens is 1. The van der Waals surface area contributed by atoms with E-state index in [0.29, 0.717) is 0 Å². The van der Waals surface area contributed by atoms with E-state index in [1.54, 1.807) is 0 Å². The van der Waals surface area contributed by atoms with Crippen LogP contribution >= 0.6 is 22.6 Å². The number of benzene rings is 1. The van der Waals surface area contributed by atoms with E-state index >= 15 is 0 Å². The lowest BCUT2D eigenvalue weighted by Gasteiger charge is -2.20. The van der Waals surface area contributed by atoms with Gasteiger partial charge in [0, 0.05) is 15.7 Å². The highest BCUT2D eigenvalue weighted by Crippen LogP contribution is 2.25. The molecular formula is C15H18IN3. The largest absolute Gasteiger partial charge is 0.252 e. The Balaban J connectivity index is 1.70. The zero-order valence-electron chi connectivity index (χ0n) is 10.9. The van der Waals surface area contributed by atoms with Crippen molar-refractivity contribution in [2.45, 2.75) is 38.6 Å². The second kappa shape index (κ2) is 6.03. The van der Waals surface area contributed by atoms with Crippen molar-refractivity contribution >= 4 is 22.6 Å². The summed E-state index contributed by atoms with van der Waals surface area (Å²) >= 11 is 2.31. The Hall–Kier alpha value is -0.910. The molecule has 3 nitrogen and oxygen atoms in total. The van der Waals surface area contributed by atoms with E-state index in [9.17, 15) is 0 Å². The van der Waals surface area contributed by atoms with Crippen LogP contribution in [0.2, 0.25) is 0 Å². The van der Waals surface area contributed by atoms with Crippen LogP contribution in [0.25, 0.3) is 11.4 Å². The maximum absolute atomic E-state index is 4.61. The molecule has 0 aliphatic heterocycles. The summed E-state index contributed by atoms with van der Waals surface area (Å²) in [6.07, 6.45) is 8.73. The Morgan fingerprint density at radius 3 is 2.58 bits per heavy atom. The van der Waals surface area contributed by atoms with Gasteiger partial charge in [0.25, 0.3) is 0 Å². The third-order valence-electron chi connectivity index (χ3n) is 3.81. The summed E-state index contributed by atoms with van der Waals surface area (Å²) in [7, 11) is 0. The van der Waals surface area contributed by atoms with Crippen LogP contribution in [0.1, 0.15) is 32.1 Å². The number of nitrogens with zero attached hydrogens (tertiary/aromatic N) is 3. The fraction of sp³-hybridized carbons (Fsp3) is 0.467. The van der Waals surface area contributed by atoms with Crippen molar-refractivity contribution in [3.8, 4) is 11.4 Å². The smallest absolute Gasteiger partial charge is 0.181 e. The van der Waals surface area contributed by atoms with Gasteiger partial charge >= 0.3 is 0 Å². The minimum absolute atomic E-state index is 0.792. The van der Waals surface area contributed by atoms with Gasteiger partial charge in [-0.05, 0) is 53.5 Å². The van der Waals surface area contributed by atoms with E-state index < -0.39 is 0 Å². The topological polar surface area (TPSA) is 30.7 Å². The zero-order chi connectivity index (χ0) is 13.1. The molecule has 0 unspecified atom stereocenters. The molecule has 0 spiro atoms. The Bertz CT molecular complexity index is 527. The van der Waals surface area contributed by atoms with E-state index in [-0.39, 0.29) is 0 Å². The molecule has 0 saturated heterocycles. The first kappa shape index (κ1) is 13.1. The van der Waals surface area contributed by atoms with Crippen molar-refractivity contribution in [3.63, 3.8) is 0 Å². The molecular weight excluding hydrogens is 349 g/mol. The van der Waals surface area contributed by atoms with Gasteiger partial charge in [0.2, 0.25) is 0 Å². The molecule has 1 aliphatic rings. The minimum Gasteiger partial charge on any atom is -0.252 e. The Morgan fingerprint density at radius 1 is 1.11 bits per heavy atom. The van der Waals surface area contributed by atoms with Crippen molar-refractivity contribution in [1.29, 1.82) is 0 Å². The maximum Gasteiger partial charge on any atom is 0.181 e. The van der Waals surface area contributed by atoms with Crippen LogP contribution in [0, 0.1) is 9.49 Å². The molecule has 0 radical (unpaired) electrons. The van der Waals surface area contributed by atoms with Gasteiger partial charge in [0.05, 0.1) is 0 Å². The molecule has 100 valence electrons. The molecule has 0 amide bonds. The molecule has 1 aliphatic carbocycles. The van der Waals surface area contributed by atoms with Gasteiger partial charge in [0.1, 0.15) is 6.33 Å². The summed E-state index contributed by atoms with van der Waals surface area (Å²) in [4.78, 5) is 4.43. The zero-order valence-corrected chi connectivity index (χ0v) is 13.1. The van der Waals surface area contributed by atoms with Crippen molar-refractivity contribution < 1.29 is 0 Å². The number of hydrogen-bond acceptors (Lipinski definition) is 2. The van der Waals surface area contributed by atoms with Gasteiger partial charge in [0.15, 0.2) is 5.82 Å². The lowest BCUT2D eigenvalue weighted by Crippen LogP contribution is -2.14. The van der Waals surface area contributed by atoms with Crippen molar-refractivity contribution in [2.24, 2.45) is 5.92 Å². The van der Waals surface area contributed by atoms with Crippen molar-refractivity contribution in [1.82, 2.24) is 14.8 Å². The van der Waals surface area contributed by atoms with Gasteiger partial charge in [-0.2, -0.15) is 5.10 Å².